The van der Waals surface area contributed by atoms with Crippen LogP contribution in [0, 0.1) is 13.8 Å². The molecule has 1 fully saturated rings. The molecule has 1 aliphatic rings. The Morgan fingerprint density at radius 2 is 1.92 bits per heavy atom. The summed E-state index contributed by atoms with van der Waals surface area (Å²) in [6.07, 6.45) is 1.13. The maximum atomic E-state index is 9.71. The van der Waals surface area contributed by atoms with Gasteiger partial charge in [0.1, 0.15) is 5.75 Å². The van der Waals surface area contributed by atoms with Crippen molar-refractivity contribution < 1.29 is 5.11 Å². The predicted octanol–water partition coefficient (Wildman–Crippen LogP) is 2.04. The van der Waals surface area contributed by atoms with Crippen molar-refractivity contribution in [3.8, 4) is 5.75 Å². The molecule has 1 heterocycles. The van der Waals surface area contributed by atoms with Crippen molar-refractivity contribution in [2.45, 2.75) is 26.3 Å². The summed E-state index contributed by atoms with van der Waals surface area (Å²) in [4.78, 5) is 0. The van der Waals surface area contributed by atoms with Gasteiger partial charge in [0, 0.05) is 11.6 Å². The first-order valence-corrected chi connectivity index (χ1v) is 4.72. The van der Waals surface area contributed by atoms with Gasteiger partial charge in [0.15, 0.2) is 0 Å². The van der Waals surface area contributed by atoms with E-state index in [1.807, 2.05) is 13.0 Å². The lowest BCUT2D eigenvalue weighted by Gasteiger charge is -2.29. The zero-order valence-corrected chi connectivity index (χ0v) is 8.09. The quantitative estimate of drug-likeness (QED) is 0.688. The normalized spacial score (nSPS) is 21.2. The van der Waals surface area contributed by atoms with E-state index < -0.39 is 0 Å². The van der Waals surface area contributed by atoms with Crippen LogP contribution in [0.15, 0.2) is 12.1 Å². The largest absolute Gasteiger partial charge is 0.508 e. The minimum absolute atomic E-state index is 0.374. The molecule has 0 unspecified atom stereocenters. The van der Waals surface area contributed by atoms with Crippen LogP contribution < -0.4 is 5.32 Å². The molecule has 70 valence electrons. The Morgan fingerprint density at radius 3 is 2.46 bits per heavy atom. The van der Waals surface area contributed by atoms with Gasteiger partial charge in [-0.3, -0.25) is 0 Å². The number of hydrogen-bond acceptors (Lipinski definition) is 2. The lowest BCUT2D eigenvalue weighted by Crippen LogP contribution is -2.35. The molecule has 0 amide bonds. The highest BCUT2D eigenvalue weighted by Crippen LogP contribution is 2.32. The van der Waals surface area contributed by atoms with Crippen molar-refractivity contribution >= 4 is 0 Å². The SMILES string of the molecule is Cc1cc(O)c([C@H]2CCN2)cc1C. The van der Waals surface area contributed by atoms with Crippen LogP contribution in [0.1, 0.15) is 29.2 Å². The van der Waals surface area contributed by atoms with Crippen molar-refractivity contribution in [1.82, 2.24) is 5.32 Å². The predicted molar refractivity (Wildman–Crippen MR) is 52.9 cm³/mol. The highest BCUT2D eigenvalue weighted by molar-refractivity contribution is 5.43. The van der Waals surface area contributed by atoms with Crippen molar-refractivity contribution in [3.05, 3.63) is 28.8 Å². The van der Waals surface area contributed by atoms with Crippen LogP contribution in [0.2, 0.25) is 0 Å². The van der Waals surface area contributed by atoms with E-state index in [-0.39, 0.29) is 0 Å². The average molecular weight is 177 g/mol. The van der Waals surface area contributed by atoms with Crippen LogP contribution in [0.5, 0.6) is 5.75 Å². The average Bonchev–Trinajstić information content (AvgIpc) is 1.96. The molecule has 0 bridgehead atoms. The molecular formula is C11H15NO. The second kappa shape index (κ2) is 3.04. The lowest BCUT2D eigenvalue weighted by molar-refractivity contribution is 0.364. The second-order valence-corrected chi connectivity index (χ2v) is 3.79. The number of rotatable bonds is 1. The molecule has 0 saturated carbocycles. The van der Waals surface area contributed by atoms with Gasteiger partial charge in [0.05, 0.1) is 0 Å². The molecule has 0 aliphatic carbocycles. The zero-order chi connectivity index (χ0) is 9.42. The van der Waals surface area contributed by atoms with Crippen molar-refractivity contribution in [2.75, 3.05) is 6.54 Å². The molecule has 0 spiro atoms. The number of benzene rings is 1. The zero-order valence-electron chi connectivity index (χ0n) is 8.09. The van der Waals surface area contributed by atoms with Crippen LogP contribution in [0.3, 0.4) is 0 Å². The molecule has 1 aliphatic heterocycles. The summed E-state index contributed by atoms with van der Waals surface area (Å²) < 4.78 is 0. The molecule has 13 heavy (non-hydrogen) atoms. The van der Waals surface area contributed by atoms with E-state index in [4.69, 9.17) is 0 Å². The van der Waals surface area contributed by atoms with E-state index in [1.165, 1.54) is 5.56 Å². The topological polar surface area (TPSA) is 32.3 Å². The Bertz CT molecular complexity index is 329. The highest BCUT2D eigenvalue weighted by atomic mass is 16.3. The molecule has 2 N–H and O–H groups in total. The number of aryl methyl sites for hydroxylation is 2. The summed E-state index contributed by atoms with van der Waals surface area (Å²) in [7, 11) is 0. The Balaban J connectivity index is 2.39. The fourth-order valence-electron chi connectivity index (χ4n) is 1.66. The molecule has 0 radical (unpaired) electrons. The van der Waals surface area contributed by atoms with E-state index in [0.717, 1.165) is 24.1 Å². The van der Waals surface area contributed by atoms with Crippen LogP contribution in [0.4, 0.5) is 0 Å². The minimum atomic E-state index is 0.374. The van der Waals surface area contributed by atoms with E-state index >= 15 is 0 Å². The van der Waals surface area contributed by atoms with E-state index in [9.17, 15) is 5.11 Å². The van der Waals surface area contributed by atoms with Gasteiger partial charge in [0.25, 0.3) is 0 Å². The van der Waals surface area contributed by atoms with Gasteiger partial charge in [-0.05, 0) is 44.0 Å². The number of phenols is 1. The van der Waals surface area contributed by atoms with Crippen molar-refractivity contribution in [3.63, 3.8) is 0 Å². The van der Waals surface area contributed by atoms with Gasteiger partial charge in [0.2, 0.25) is 0 Å². The summed E-state index contributed by atoms with van der Waals surface area (Å²) in [5, 5.41) is 13.0. The number of phenolic OH excluding ortho intramolecular Hbond substituents is 1. The fourth-order valence-corrected chi connectivity index (χ4v) is 1.66. The van der Waals surface area contributed by atoms with Crippen LogP contribution in [0.25, 0.3) is 0 Å². The molecule has 2 rings (SSSR count). The van der Waals surface area contributed by atoms with E-state index in [0.29, 0.717) is 11.8 Å². The molecule has 1 aromatic carbocycles. The first-order valence-electron chi connectivity index (χ1n) is 4.72. The standard InChI is InChI=1S/C11H15NO/c1-7-5-9(10-3-4-12-10)11(13)6-8(7)2/h5-6,10,12-13H,3-4H2,1-2H3/t10-/m1/s1. The van der Waals surface area contributed by atoms with Gasteiger partial charge in [-0.25, -0.2) is 0 Å². The Hall–Kier alpha value is -1.02. The molecule has 1 saturated heterocycles. The molecule has 1 atom stereocenters. The van der Waals surface area contributed by atoms with Gasteiger partial charge in [-0.2, -0.15) is 0 Å². The first-order chi connectivity index (χ1) is 6.18. The fraction of sp³-hybridized carbons (Fsp3) is 0.455. The van der Waals surface area contributed by atoms with Crippen molar-refractivity contribution in [1.29, 1.82) is 0 Å². The van der Waals surface area contributed by atoms with Gasteiger partial charge in [-0.15, -0.1) is 0 Å². The van der Waals surface area contributed by atoms with Crippen LogP contribution in [-0.4, -0.2) is 11.7 Å². The lowest BCUT2D eigenvalue weighted by atomic mass is 9.94. The van der Waals surface area contributed by atoms with E-state index in [1.54, 1.807) is 0 Å². The Morgan fingerprint density at radius 1 is 1.31 bits per heavy atom. The van der Waals surface area contributed by atoms with Crippen LogP contribution >= 0.6 is 0 Å². The second-order valence-electron chi connectivity index (χ2n) is 3.79. The van der Waals surface area contributed by atoms with Gasteiger partial charge in [-0.1, -0.05) is 6.07 Å². The number of hydrogen-bond donors (Lipinski definition) is 2. The third kappa shape index (κ3) is 1.42. The summed E-state index contributed by atoms with van der Waals surface area (Å²) >= 11 is 0. The summed E-state index contributed by atoms with van der Waals surface area (Å²) in [6, 6.07) is 4.31. The first kappa shape index (κ1) is 8.57. The van der Waals surface area contributed by atoms with Crippen LogP contribution in [-0.2, 0) is 0 Å². The Kier molecular flexibility index (Phi) is 2.00. The summed E-state index contributed by atoms with van der Waals surface area (Å²) in [5.74, 6) is 0.431. The van der Waals surface area contributed by atoms with E-state index in [2.05, 4.69) is 18.3 Å². The van der Waals surface area contributed by atoms with Gasteiger partial charge < -0.3 is 10.4 Å². The third-order valence-electron chi connectivity index (χ3n) is 2.84. The molecule has 1 aromatic rings. The highest BCUT2D eigenvalue weighted by Gasteiger charge is 2.21. The molecule has 2 heteroatoms. The maximum Gasteiger partial charge on any atom is 0.120 e. The van der Waals surface area contributed by atoms with Crippen molar-refractivity contribution in [2.24, 2.45) is 0 Å². The Labute approximate surface area is 78.6 Å². The smallest absolute Gasteiger partial charge is 0.120 e. The maximum absolute atomic E-state index is 9.71. The number of nitrogens with one attached hydrogen (secondary N) is 1. The molecule has 2 nitrogen and oxygen atoms in total. The van der Waals surface area contributed by atoms with Gasteiger partial charge >= 0.3 is 0 Å². The number of aromatic hydroxyl groups is 1. The molecular weight excluding hydrogens is 162 g/mol. The molecule has 0 aromatic heterocycles. The monoisotopic (exact) mass is 177 g/mol. The summed E-state index contributed by atoms with van der Waals surface area (Å²) in [5.41, 5.74) is 3.46. The summed E-state index contributed by atoms with van der Waals surface area (Å²) in [6.45, 7) is 5.17. The minimum Gasteiger partial charge on any atom is -0.508 e. The third-order valence-corrected chi connectivity index (χ3v) is 2.84.